The number of benzene rings is 2. The zero-order chi connectivity index (χ0) is 21.3. The molecule has 0 saturated carbocycles. The van der Waals surface area contributed by atoms with Crippen molar-refractivity contribution in [3.8, 4) is 5.75 Å². The Kier molecular flexibility index (Phi) is 6.08. The summed E-state index contributed by atoms with van der Waals surface area (Å²) in [5, 5.41) is 4.14. The molecule has 4 rings (SSSR count). The maximum absolute atomic E-state index is 13.2. The third-order valence-corrected chi connectivity index (χ3v) is 6.54. The van der Waals surface area contributed by atoms with Crippen molar-refractivity contribution in [2.45, 2.75) is 58.2 Å². The molecule has 30 heavy (non-hydrogen) atoms. The van der Waals surface area contributed by atoms with Gasteiger partial charge in [0.15, 0.2) is 0 Å². The number of piperidine rings is 1. The van der Waals surface area contributed by atoms with Gasteiger partial charge in [-0.05, 0) is 57.9 Å². The van der Waals surface area contributed by atoms with Crippen molar-refractivity contribution in [2.75, 3.05) is 13.1 Å². The van der Waals surface area contributed by atoms with Gasteiger partial charge in [0.25, 0.3) is 0 Å². The summed E-state index contributed by atoms with van der Waals surface area (Å²) in [6.07, 6.45) is 2.72. The molecule has 1 N–H and O–H groups in total. The number of nitrogens with one attached hydrogen (secondary N) is 1. The van der Waals surface area contributed by atoms with Gasteiger partial charge in [0.1, 0.15) is 11.4 Å². The van der Waals surface area contributed by atoms with E-state index < -0.39 is 0 Å². The molecule has 2 aromatic carbocycles. The Morgan fingerprint density at radius 3 is 2.87 bits per heavy atom. The molecule has 160 valence electrons. The SMILES string of the molecule is Cc1ccc2c(c1)[C@H](NC(=O)[C@H]1CCCN(Cc3ccccc3Cl)C1)CC(C)(C)O2. The van der Waals surface area contributed by atoms with E-state index in [4.69, 9.17) is 16.3 Å². The van der Waals surface area contributed by atoms with Gasteiger partial charge in [-0.2, -0.15) is 0 Å². The first-order valence-electron chi connectivity index (χ1n) is 10.9. The van der Waals surface area contributed by atoms with Crippen LogP contribution in [0.25, 0.3) is 0 Å². The van der Waals surface area contributed by atoms with E-state index in [1.807, 2.05) is 24.3 Å². The minimum Gasteiger partial charge on any atom is -0.487 e. The second-order valence-electron chi connectivity index (χ2n) is 9.33. The molecule has 1 saturated heterocycles. The summed E-state index contributed by atoms with van der Waals surface area (Å²) in [5.74, 6) is 1.03. The topological polar surface area (TPSA) is 41.6 Å². The maximum atomic E-state index is 13.2. The Bertz CT molecular complexity index is 927. The standard InChI is InChI=1S/C25H31ClN2O2/c1-17-10-11-23-20(13-17)22(14-25(2,3)30-23)27-24(29)19-8-6-12-28(16-19)15-18-7-4-5-9-21(18)26/h4-5,7,9-11,13,19,22H,6,8,12,14-16H2,1-3H3,(H,27,29)/t19-,22+/m0/s1. The lowest BCUT2D eigenvalue weighted by atomic mass is 9.88. The predicted molar refractivity (Wildman–Crippen MR) is 121 cm³/mol. The first kappa shape index (κ1) is 21.2. The summed E-state index contributed by atoms with van der Waals surface area (Å²) in [6, 6.07) is 14.2. The molecule has 0 radical (unpaired) electrons. The van der Waals surface area contributed by atoms with Gasteiger partial charge >= 0.3 is 0 Å². The summed E-state index contributed by atoms with van der Waals surface area (Å²) >= 11 is 6.34. The molecule has 0 aliphatic carbocycles. The molecule has 2 atom stereocenters. The van der Waals surface area contributed by atoms with Gasteiger partial charge in [-0.1, -0.05) is 47.5 Å². The Hall–Kier alpha value is -2.04. The van der Waals surface area contributed by atoms with E-state index in [1.165, 1.54) is 5.56 Å². The number of ether oxygens (including phenoxy) is 1. The van der Waals surface area contributed by atoms with Crippen LogP contribution in [0.3, 0.4) is 0 Å². The number of hydrogen-bond donors (Lipinski definition) is 1. The summed E-state index contributed by atoms with van der Waals surface area (Å²) < 4.78 is 6.15. The average Bonchev–Trinajstić information content (AvgIpc) is 2.70. The van der Waals surface area contributed by atoms with Crippen LogP contribution in [-0.2, 0) is 11.3 Å². The van der Waals surface area contributed by atoms with Crippen LogP contribution < -0.4 is 10.1 Å². The van der Waals surface area contributed by atoms with Crippen molar-refractivity contribution >= 4 is 17.5 Å². The van der Waals surface area contributed by atoms with E-state index in [9.17, 15) is 4.79 Å². The van der Waals surface area contributed by atoms with E-state index in [1.54, 1.807) is 0 Å². The zero-order valence-corrected chi connectivity index (χ0v) is 18.8. The second-order valence-corrected chi connectivity index (χ2v) is 9.74. The number of carbonyl (C=O) groups is 1. The molecule has 2 aliphatic heterocycles. The molecule has 0 unspecified atom stereocenters. The van der Waals surface area contributed by atoms with Crippen molar-refractivity contribution in [1.29, 1.82) is 0 Å². The molecule has 1 amide bonds. The molecule has 2 aromatic rings. The third kappa shape index (κ3) is 4.81. The van der Waals surface area contributed by atoms with Gasteiger partial charge < -0.3 is 10.1 Å². The van der Waals surface area contributed by atoms with Crippen LogP contribution in [0.4, 0.5) is 0 Å². The number of fused-ring (bicyclic) bond motifs is 1. The highest BCUT2D eigenvalue weighted by Crippen LogP contribution is 2.40. The Labute approximate surface area is 184 Å². The number of aryl methyl sites for hydroxylation is 1. The van der Waals surface area contributed by atoms with E-state index in [-0.39, 0.29) is 23.5 Å². The molecule has 1 fully saturated rings. The van der Waals surface area contributed by atoms with Crippen LogP contribution in [0.5, 0.6) is 5.75 Å². The largest absolute Gasteiger partial charge is 0.487 e. The highest BCUT2D eigenvalue weighted by atomic mass is 35.5. The van der Waals surface area contributed by atoms with E-state index >= 15 is 0 Å². The minimum absolute atomic E-state index is 0.000420. The van der Waals surface area contributed by atoms with E-state index in [2.05, 4.69) is 49.2 Å². The number of rotatable bonds is 4. The van der Waals surface area contributed by atoms with Crippen molar-refractivity contribution < 1.29 is 9.53 Å². The van der Waals surface area contributed by atoms with Gasteiger partial charge in [-0.15, -0.1) is 0 Å². The number of likely N-dealkylation sites (tertiary alicyclic amines) is 1. The highest BCUT2D eigenvalue weighted by Gasteiger charge is 2.36. The normalized spacial score (nSPS) is 23.3. The van der Waals surface area contributed by atoms with E-state index in [0.717, 1.165) is 60.8 Å². The van der Waals surface area contributed by atoms with E-state index in [0.29, 0.717) is 0 Å². The molecule has 4 nitrogen and oxygen atoms in total. The second kappa shape index (κ2) is 8.60. The van der Waals surface area contributed by atoms with Crippen molar-refractivity contribution in [2.24, 2.45) is 5.92 Å². The summed E-state index contributed by atoms with van der Waals surface area (Å²) in [4.78, 5) is 15.6. The first-order valence-corrected chi connectivity index (χ1v) is 11.2. The number of halogens is 1. The van der Waals surface area contributed by atoms with Crippen LogP contribution in [0.15, 0.2) is 42.5 Å². The van der Waals surface area contributed by atoms with Crippen molar-refractivity contribution in [3.05, 3.63) is 64.2 Å². The summed E-state index contributed by atoms with van der Waals surface area (Å²) in [6.45, 7) is 8.80. The molecule has 5 heteroatoms. The lowest BCUT2D eigenvalue weighted by Crippen LogP contribution is -2.46. The van der Waals surface area contributed by atoms with Crippen LogP contribution in [0.1, 0.15) is 55.8 Å². The predicted octanol–water partition coefficient (Wildman–Crippen LogP) is 5.28. The number of carbonyl (C=O) groups excluding carboxylic acids is 1. The molecule has 0 spiro atoms. The fourth-order valence-electron chi connectivity index (χ4n) is 4.67. The minimum atomic E-state index is -0.303. The Balaban J connectivity index is 1.45. The fraction of sp³-hybridized carbons (Fsp3) is 0.480. The molecule has 0 bridgehead atoms. The maximum Gasteiger partial charge on any atom is 0.224 e. The average molecular weight is 427 g/mol. The van der Waals surface area contributed by atoms with Crippen molar-refractivity contribution in [1.82, 2.24) is 10.2 Å². The fourth-order valence-corrected chi connectivity index (χ4v) is 4.87. The van der Waals surface area contributed by atoms with Gasteiger partial charge in [0.05, 0.1) is 12.0 Å². The zero-order valence-electron chi connectivity index (χ0n) is 18.1. The molecule has 2 aliphatic rings. The van der Waals surface area contributed by atoms with Gasteiger partial charge in [-0.25, -0.2) is 0 Å². The van der Waals surface area contributed by atoms with Gasteiger partial charge in [0.2, 0.25) is 5.91 Å². The Morgan fingerprint density at radius 2 is 2.07 bits per heavy atom. The molecule has 2 heterocycles. The number of nitrogens with zero attached hydrogens (tertiary/aromatic N) is 1. The summed E-state index contributed by atoms with van der Waals surface area (Å²) in [7, 11) is 0. The first-order chi connectivity index (χ1) is 14.3. The summed E-state index contributed by atoms with van der Waals surface area (Å²) in [5.41, 5.74) is 3.09. The molecular formula is C25H31ClN2O2. The van der Waals surface area contributed by atoms with Gasteiger partial charge in [-0.3, -0.25) is 9.69 Å². The monoisotopic (exact) mass is 426 g/mol. The van der Waals surface area contributed by atoms with Crippen molar-refractivity contribution in [3.63, 3.8) is 0 Å². The number of hydrogen-bond acceptors (Lipinski definition) is 3. The number of amides is 1. The van der Waals surface area contributed by atoms with Crippen LogP contribution in [-0.4, -0.2) is 29.5 Å². The Morgan fingerprint density at radius 1 is 1.27 bits per heavy atom. The van der Waals surface area contributed by atoms with Crippen LogP contribution in [0.2, 0.25) is 5.02 Å². The lowest BCUT2D eigenvalue weighted by molar-refractivity contribution is -0.128. The molecule has 0 aromatic heterocycles. The quantitative estimate of drug-likeness (QED) is 0.723. The lowest BCUT2D eigenvalue weighted by Gasteiger charge is -2.39. The molecular weight excluding hydrogens is 396 g/mol. The smallest absolute Gasteiger partial charge is 0.224 e. The highest BCUT2D eigenvalue weighted by molar-refractivity contribution is 6.31. The van der Waals surface area contributed by atoms with Crippen LogP contribution in [0, 0.1) is 12.8 Å². The van der Waals surface area contributed by atoms with Gasteiger partial charge in [0, 0.05) is 30.1 Å². The van der Waals surface area contributed by atoms with Crippen LogP contribution >= 0.6 is 11.6 Å². The third-order valence-electron chi connectivity index (χ3n) is 6.17.